The molecular formula is C21H28N4O. The second-order valence-electron chi connectivity index (χ2n) is 7.34. The molecule has 1 aliphatic heterocycles. The SMILES string of the molecule is Cc1nc(-c2ccccc2)ncc1C(=O)NCC(C)N1CCC(C)CC1. The van der Waals surface area contributed by atoms with Crippen LogP contribution in [0.15, 0.2) is 36.5 Å². The van der Waals surface area contributed by atoms with Crippen molar-refractivity contribution in [2.45, 2.75) is 39.7 Å². The largest absolute Gasteiger partial charge is 0.350 e. The fourth-order valence-electron chi connectivity index (χ4n) is 3.35. The summed E-state index contributed by atoms with van der Waals surface area (Å²) in [7, 11) is 0. The van der Waals surface area contributed by atoms with Crippen molar-refractivity contribution in [3.05, 3.63) is 47.8 Å². The van der Waals surface area contributed by atoms with Crippen LogP contribution in [0.1, 0.15) is 42.7 Å². The van der Waals surface area contributed by atoms with Gasteiger partial charge in [-0.15, -0.1) is 0 Å². The van der Waals surface area contributed by atoms with Crippen molar-refractivity contribution in [1.82, 2.24) is 20.2 Å². The zero-order valence-corrected chi connectivity index (χ0v) is 15.9. The molecule has 5 heteroatoms. The van der Waals surface area contributed by atoms with Gasteiger partial charge in [-0.3, -0.25) is 9.69 Å². The smallest absolute Gasteiger partial charge is 0.254 e. The van der Waals surface area contributed by atoms with E-state index in [1.165, 1.54) is 12.8 Å². The first-order valence-electron chi connectivity index (χ1n) is 9.46. The predicted octanol–water partition coefficient (Wildman–Crippen LogP) is 3.30. The van der Waals surface area contributed by atoms with Gasteiger partial charge in [-0.25, -0.2) is 9.97 Å². The van der Waals surface area contributed by atoms with Crippen molar-refractivity contribution in [2.75, 3.05) is 19.6 Å². The summed E-state index contributed by atoms with van der Waals surface area (Å²) in [5.74, 6) is 1.37. The number of piperidine rings is 1. The monoisotopic (exact) mass is 352 g/mol. The van der Waals surface area contributed by atoms with Crippen LogP contribution in [0.2, 0.25) is 0 Å². The van der Waals surface area contributed by atoms with E-state index < -0.39 is 0 Å². The van der Waals surface area contributed by atoms with Crippen molar-refractivity contribution < 1.29 is 4.79 Å². The summed E-state index contributed by atoms with van der Waals surface area (Å²) in [4.78, 5) is 23.9. The number of carbonyl (C=O) groups is 1. The van der Waals surface area contributed by atoms with Gasteiger partial charge in [0.05, 0.1) is 11.3 Å². The minimum absolute atomic E-state index is 0.0978. The molecule has 1 unspecified atom stereocenters. The van der Waals surface area contributed by atoms with E-state index in [1.54, 1.807) is 6.20 Å². The Morgan fingerprint density at radius 2 is 1.96 bits per heavy atom. The highest BCUT2D eigenvalue weighted by atomic mass is 16.1. The number of carbonyl (C=O) groups excluding carboxylic acids is 1. The first kappa shape index (κ1) is 18.5. The van der Waals surface area contributed by atoms with Crippen molar-refractivity contribution in [3.63, 3.8) is 0 Å². The molecular weight excluding hydrogens is 324 g/mol. The second-order valence-corrected chi connectivity index (χ2v) is 7.34. The van der Waals surface area contributed by atoms with Crippen molar-refractivity contribution >= 4 is 5.91 Å². The van der Waals surface area contributed by atoms with Crippen LogP contribution in [-0.4, -0.2) is 46.5 Å². The van der Waals surface area contributed by atoms with Crippen molar-refractivity contribution in [2.24, 2.45) is 5.92 Å². The Bertz CT molecular complexity index is 739. The molecule has 3 rings (SSSR count). The Balaban J connectivity index is 1.59. The van der Waals surface area contributed by atoms with E-state index in [0.717, 1.165) is 24.6 Å². The van der Waals surface area contributed by atoms with Gasteiger partial charge in [0.25, 0.3) is 5.91 Å². The summed E-state index contributed by atoms with van der Waals surface area (Å²) in [6, 6.07) is 10.2. The summed E-state index contributed by atoms with van der Waals surface area (Å²) >= 11 is 0. The molecule has 1 saturated heterocycles. The highest BCUT2D eigenvalue weighted by molar-refractivity contribution is 5.95. The highest BCUT2D eigenvalue weighted by Gasteiger charge is 2.21. The number of aryl methyl sites for hydroxylation is 1. The number of nitrogens with one attached hydrogen (secondary N) is 1. The maximum absolute atomic E-state index is 12.5. The van der Waals surface area contributed by atoms with Crippen LogP contribution < -0.4 is 5.32 Å². The lowest BCUT2D eigenvalue weighted by Gasteiger charge is -2.35. The molecule has 1 aromatic carbocycles. The van der Waals surface area contributed by atoms with Crippen LogP contribution in [0.4, 0.5) is 0 Å². The van der Waals surface area contributed by atoms with Gasteiger partial charge < -0.3 is 5.32 Å². The van der Waals surface area contributed by atoms with Gasteiger partial charge in [-0.2, -0.15) is 0 Å². The van der Waals surface area contributed by atoms with Gasteiger partial charge in [-0.05, 0) is 45.7 Å². The van der Waals surface area contributed by atoms with E-state index in [9.17, 15) is 4.79 Å². The van der Waals surface area contributed by atoms with Crippen LogP contribution in [0.3, 0.4) is 0 Å². The fourth-order valence-corrected chi connectivity index (χ4v) is 3.35. The van der Waals surface area contributed by atoms with Gasteiger partial charge in [0.1, 0.15) is 0 Å². The molecule has 0 aliphatic carbocycles. The van der Waals surface area contributed by atoms with Crippen LogP contribution in [0.5, 0.6) is 0 Å². The first-order valence-corrected chi connectivity index (χ1v) is 9.46. The van der Waals surface area contributed by atoms with Gasteiger partial charge >= 0.3 is 0 Å². The van der Waals surface area contributed by atoms with Crippen LogP contribution >= 0.6 is 0 Å². The van der Waals surface area contributed by atoms with Gasteiger partial charge in [0, 0.05) is 24.3 Å². The summed E-state index contributed by atoms with van der Waals surface area (Å²) in [6.45, 7) is 9.23. The van der Waals surface area contributed by atoms with Crippen LogP contribution in [0, 0.1) is 12.8 Å². The molecule has 2 heterocycles. The lowest BCUT2D eigenvalue weighted by Crippen LogP contribution is -2.45. The number of benzene rings is 1. The summed E-state index contributed by atoms with van der Waals surface area (Å²) < 4.78 is 0. The van der Waals surface area contributed by atoms with Crippen LogP contribution in [0.25, 0.3) is 11.4 Å². The number of amides is 1. The van der Waals surface area contributed by atoms with E-state index in [4.69, 9.17) is 0 Å². The Morgan fingerprint density at radius 3 is 2.62 bits per heavy atom. The van der Waals surface area contributed by atoms with E-state index in [-0.39, 0.29) is 5.91 Å². The molecule has 1 aliphatic rings. The molecule has 1 atom stereocenters. The molecule has 1 N–H and O–H groups in total. The number of likely N-dealkylation sites (tertiary alicyclic amines) is 1. The molecule has 2 aromatic rings. The van der Waals surface area contributed by atoms with E-state index >= 15 is 0 Å². The van der Waals surface area contributed by atoms with Crippen LogP contribution in [-0.2, 0) is 0 Å². The zero-order valence-electron chi connectivity index (χ0n) is 15.9. The minimum Gasteiger partial charge on any atom is -0.350 e. The van der Waals surface area contributed by atoms with E-state index in [0.29, 0.717) is 29.7 Å². The van der Waals surface area contributed by atoms with Gasteiger partial charge in [0.2, 0.25) is 0 Å². The number of aromatic nitrogens is 2. The molecule has 0 saturated carbocycles. The molecule has 26 heavy (non-hydrogen) atoms. The third-order valence-corrected chi connectivity index (χ3v) is 5.26. The fraction of sp³-hybridized carbons (Fsp3) is 0.476. The summed E-state index contributed by atoms with van der Waals surface area (Å²) in [5.41, 5.74) is 2.20. The molecule has 1 amide bonds. The third-order valence-electron chi connectivity index (χ3n) is 5.26. The Kier molecular flexibility index (Phi) is 5.99. The summed E-state index contributed by atoms with van der Waals surface area (Å²) in [5, 5.41) is 3.05. The van der Waals surface area contributed by atoms with Gasteiger partial charge in [0.15, 0.2) is 5.82 Å². The average Bonchev–Trinajstić information content (AvgIpc) is 2.67. The lowest BCUT2D eigenvalue weighted by molar-refractivity contribution is 0.0920. The average molecular weight is 352 g/mol. The van der Waals surface area contributed by atoms with E-state index in [2.05, 4.69) is 34.0 Å². The molecule has 138 valence electrons. The number of nitrogens with zero attached hydrogens (tertiary/aromatic N) is 3. The third kappa shape index (κ3) is 4.47. The maximum atomic E-state index is 12.5. The zero-order chi connectivity index (χ0) is 18.5. The molecule has 5 nitrogen and oxygen atoms in total. The molecule has 0 spiro atoms. The summed E-state index contributed by atoms with van der Waals surface area (Å²) in [6.07, 6.45) is 4.12. The van der Waals surface area contributed by atoms with E-state index in [1.807, 2.05) is 37.3 Å². The number of rotatable bonds is 5. The molecule has 0 bridgehead atoms. The standard InChI is InChI=1S/C21H28N4O/c1-15-9-11-25(12-10-15)16(2)13-23-21(26)19-14-22-20(24-17(19)3)18-7-5-4-6-8-18/h4-8,14-16H,9-13H2,1-3H3,(H,23,26). The second kappa shape index (κ2) is 8.41. The quantitative estimate of drug-likeness (QED) is 0.897. The Labute approximate surface area is 155 Å². The molecule has 1 aromatic heterocycles. The maximum Gasteiger partial charge on any atom is 0.254 e. The van der Waals surface area contributed by atoms with Crippen molar-refractivity contribution in [3.8, 4) is 11.4 Å². The predicted molar refractivity (Wildman–Crippen MR) is 104 cm³/mol. The Hall–Kier alpha value is -2.27. The topological polar surface area (TPSA) is 58.1 Å². The first-order chi connectivity index (χ1) is 12.5. The molecule has 1 fully saturated rings. The lowest BCUT2D eigenvalue weighted by atomic mass is 9.98. The minimum atomic E-state index is -0.0978. The van der Waals surface area contributed by atoms with Crippen molar-refractivity contribution in [1.29, 1.82) is 0 Å². The number of hydrogen-bond donors (Lipinski definition) is 1. The Morgan fingerprint density at radius 1 is 1.27 bits per heavy atom. The molecule has 0 radical (unpaired) electrons. The normalized spacial score (nSPS) is 17.0. The number of hydrogen-bond acceptors (Lipinski definition) is 4. The highest BCUT2D eigenvalue weighted by Crippen LogP contribution is 2.18. The van der Waals surface area contributed by atoms with Gasteiger partial charge in [-0.1, -0.05) is 37.3 Å².